The van der Waals surface area contributed by atoms with Crippen molar-refractivity contribution in [3.63, 3.8) is 0 Å². The predicted molar refractivity (Wildman–Crippen MR) is 157 cm³/mol. The number of thioether (sulfide) groups is 1. The molecule has 5 rings (SSSR count). The summed E-state index contributed by atoms with van der Waals surface area (Å²) in [7, 11) is 0. The van der Waals surface area contributed by atoms with Gasteiger partial charge in [0.2, 0.25) is 5.16 Å². The molecule has 42 heavy (non-hydrogen) atoms. The molecular formula is C30H34N6O5S. The number of carbonyl (C=O) groups is 1. The zero-order valence-corrected chi connectivity index (χ0v) is 24.2. The van der Waals surface area contributed by atoms with Gasteiger partial charge in [-0.1, -0.05) is 67.2 Å². The first-order valence-corrected chi connectivity index (χ1v) is 14.8. The van der Waals surface area contributed by atoms with Gasteiger partial charge in [-0.25, -0.2) is 4.79 Å². The Labute approximate surface area is 248 Å². The lowest BCUT2D eigenvalue weighted by molar-refractivity contribution is -0.268. The average Bonchev–Trinajstić information content (AvgIpc) is 3.49. The number of phenolic OH excluding ortho intramolecular Hbond substituents is 1. The molecule has 4 aromatic rings. The molecule has 220 valence electrons. The number of rotatable bonds is 10. The molecule has 1 fully saturated rings. The third-order valence-corrected chi connectivity index (χ3v) is 8.09. The van der Waals surface area contributed by atoms with Crippen LogP contribution in [0.2, 0.25) is 0 Å². The molecule has 0 unspecified atom stereocenters. The number of aliphatic hydroxyl groups excluding tert-OH is 1. The van der Waals surface area contributed by atoms with Crippen LogP contribution in [0.4, 0.5) is 4.79 Å². The number of aliphatic hydroxyl groups is 1. The number of tetrazole rings is 1. The van der Waals surface area contributed by atoms with Gasteiger partial charge in [0.25, 0.3) is 0 Å². The lowest BCUT2D eigenvalue weighted by atomic mass is 9.91. The fourth-order valence-corrected chi connectivity index (χ4v) is 5.74. The van der Waals surface area contributed by atoms with E-state index < -0.39 is 6.29 Å². The molecule has 3 aromatic carbocycles. The lowest BCUT2D eigenvalue weighted by Crippen LogP contribution is -2.38. The smallest absolute Gasteiger partial charge is 0.315 e. The summed E-state index contributed by atoms with van der Waals surface area (Å²) in [5.41, 5.74) is 4.39. The number of nitrogens with one attached hydrogen (secondary N) is 2. The van der Waals surface area contributed by atoms with Gasteiger partial charge in [-0.2, -0.15) is 4.68 Å². The normalized spacial score (nSPS) is 20.3. The number of ether oxygens (including phenoxy) is 2. The molecule has 0 radical (unpaired) electrons. The quantitative estimate of drug-likeness (QED) is 0.199. The second-order valence-electron chi connectivity index (χ2n) is 9.98. The zero-order chi connectivity index (χ0) is 29.5. The third-order valence-electron chi connectivity index (χ3n) is 7.08. The molecule has 0 bridgehead atoms. The lowest BCUT2D eigenvalue weighted by Gasteiger charge is -2.41. The molecule has 4 atom stereocenters. The fraction of sp³-hybridized carbons (Fsp3) is 0.333. The van der Waals surface area contributed by atoms with Gasteiger partial charge in [-0.3, -0.25) is 0 Å². The second kappa shape index (κ2) is 13.8. The number of aromatic hydroxyl groups is 1. The number of aromatic nitrogens is 4. The first kappa shape index (κ1) is 29.5. The number of phenols is 1. The summed E-state index contributed by atoms with van der Waals surface area (Å²) in [5, 5.41) is 37.5. The van der Waals surface area contributed by atoms with Gasteiger partial charge in [-0.15, -0.1) is 5.10 Å². The number of nitrogens with zero attached hydrogens (tertiary/aromatic N) is 4. The van der Waals surface area contributed by atoms with Crippen LogP contribution in [0.15, 0.2) is 78.0 Å². The van der Waals surface area contributed by atoms with E-state index in [0.29, 0.717) is 24.0 Å². The maximum atomic E-state index is 11.8. The van der Waals surface area contributed by atoms with Crippen molar-refractivity contribution < 1.29 is 24.5 Å². The van der Waals surface area contributed by atoms with Crippen molar-refractivity contribution >= 4 is 17.8 Å². The highest BCUT2D eigenvalue weighted by molar-refractivity contribution is 7.99. The largest absolute Gasteiger partial charge is 0.508 e. The SMILES string of the molecule is CCNC(=O)NCc1ccc([C@@H]2O[C@H](CSc3nnnn3-c3ccc(O)cc3)[C@H](C)[C@H](c3ccc(CO)cc3)O2)cc1. The van der Waals surface area contributed by atoms with E-state index in [0.717, 1.165) is 27.9 Å². The van der Waals surface area contributed by atoms with Crippen LogP contribution in [-0.4, -0.2) is 54.9 Å². The average molecular weight is 591 g/mol. The Kier molecular flexibility index (Phi) is 9.70. The van der Waals surface area contributed by atoms with Crippen molar-refractivity contribution in [2.45, 2.75) is 50.7 Å². The van der Waals surface area contributed by atoms with Crippen LogP contribution in [0.25, 0.3) is 5.69 Å². The van der Waals surface area contributed by atoms with Crippen molar-refractivity contribution in [2.75, 3.05) is 12.3 Å². The Morgan fingerprint density at radius 1 is 0.952 bits per heavy atom. The monoisotopic (exact) mass is 590 g/mol. The third kappa shape index (κ3) is 7.08. The highest BCUT2D eigenvalue weighted by Crippen LogP contribution is 2.43. The Morgan fingerprint density at radius 3 is 2.33 bits per heavy atom. The van der Waals surface area contributed by atoms with Crippen LogP contribution in [0.5, 0.6) is 5.75 Å². The minimum atomic E-state index is -0.618. The van der Waals surface area contributed by atoms with E-state index in [9.17, 15) is 15.0 Å². The first-order chi connectivity index (χ1) is 20.4. The molecule has 1 saturated heterocycles. The standard InChI is InChI=1S/C30H34N6O5S/c1-3-31-29(39)32-16-20-4-10-23(11-5-20)28-40-26(19(2)27(41-28)22-8-6-21(17-37)7-9-22)18-42-30-33-34-35-36(30)24-12-14-25(38)15-13-24/h4-15,19,26-28,37-38H,3,16-18H2,1-2H3,(H2,31,32,39)/t19-,26+,27+,28+/m0/s1. The molecule has 1 aliphatic heterocycles. The molecule has 0 saturated carbocycles. The second-order valence-corrected chi connectivity index (χ2v) is 11.0. The summed E-state index contributed by atoms with van der Waals surface area (Å²) in [6.45, 7) is 4.92. The van der Waals surface area contributed by atoms with E-state index in [-0.39, 0.29) is 36.5 Å². The summed E-state index contributed by atoms with van der Waals surface area (Å²) >= 11 is 1.48. The zero-order valence-electron chi connectivity index (χ0n) is 23.4. The minimum Gasteiger partial charge on any atom is -0.508 e. The molecule has 4 N–H and O–H groups in total. The van der Waals surface area contributed by atoms with E-state index in [1.807, 2.05) is 55.5 Å². The van der Waals surface area contributed by atoms with Crippen molar-refractivity contribution in [2.24, 2.45) is 5.92 Å². The number of urea groups is 1. The molecule has 1 aromatic heterocycles. The van der Waals surface area contributed by atoms with Gasteiger partial charge in [0.15, 0.2) is 6.29 Å². The van der Waals surface area contributed by atoms with Crippen LogP contribution >= 0.6 is 11.8 Å². The maximum Gasteiger partial charge on any atom is 0.315 e. The molecule has 2 amide bonds. The minimum absolute atomic E-state index is 0.00715. The number of amides is 2. The molecule has 12 heteroatoms. The van der Waals surface area contributed by atoms with E-state index in [1.54, 1.807) is 28.9 Å². The summed E-state index contributed by atoms with van der Waals surface area (Å²) in [5.74, 6) is 0.729. The molecule has 0 aliphatic carbocycles. The van der Waals surface area contributed by atoms with Crippen molar-refractivity contribution in [3.05, 3.63) is 95.1 Å². The number of hydrogen-bond donors (Lipinski definition) is 4. The Balaban J connectivity index is 1.34. The summed E-state index contributed by atoms with van der Waals surface area (Å²) in [6.07, 6.45) is -1.08. The fourth-order valence-electron chi connectivity index (χ4n) is 4.69. The van der Waals surface area contributed by atoms with E-state index in [1.165, 1.54) is 11.8 Å². The van der Waals surface area contributed by atoms with Crippen LogP contribution < -0.4 is 10.6 Å². The van der Waals surface area contributed by atoms with Gasteiger partial charge in [0, 0.05) is 30.3 Å². The van der Waals surface area contributed by atoms with E-state index >= 15 is 0 Å². The Hall–Kier alpha value is -3.97. The van der Waals surface area contributed by atoms with Gasteiger partial charge in [0.05, 0.1) is 24.5 Å². The number of hydrogen-bond acceptors (Lipinski definition) is 9. The topological polar surface area (TPSA) is 144 Å². The maximum absolute atomic E-state index is 11.8. The van der Waals surface area contributed by atoms with Crippen LogP contribution in [0, 0.1) is 5.92 Å². The van der Waals surface area contributed by atoms with E-state index in [2.05, 4.69) is 33.1 Å². The van der Waals surface area contributed by atoms with Crippen LogP contribution in [0.1, 0.15) is 48.5 Å². The first-order valence-electron chi connectivity index (χ1n) is 13.8. The van der Waals surface area contributed by atoms with Crippen molar-refractivity contribution in [1.82, 2.24) is 30.8 Å². The van der Waals surface area contributed by atoms with Crippen LogP contribution in [-0.2, 0) is 22.6 Å². The van der Waals surface area contributed by atoms with Gasteiger partial charge in [-0.05, 0) is 58.3 Å². The Morgan fingerprint density at radius 2 is 1.64 bits per heavy atom. The summed E-state index contributed by atoms with van der Waals surface area (Å²) in [4.78, 5) is 11.8. The summed E-state index contributed by atoms with van der Waals surface area (Å²) in [6, 6.07) is 22.1. The highest BCUT2D eigenvalue weighted by atomic mass is 32.2. The van der Waals surface area contributed by atoms with E-state index in [4.69, 9.17) is 9.47 Å². The van der Waals surface area contributed by atoms with Gasteiger partial charge < -0.3 is 30.3 Å². The predicted octanol–water partition coefficient (Wildman–Crippen LogP) is 4.26. The van der Waals surface area contributed by atoms with Crippen LogP contribution in [0.3, 0.4) is 0 Å². The number of benzene rings is 3. The number of carbonyl (C=O) groups excluding carboxylic acids is 1. The van der Waals surface area contributed by atoms with Gasteiger partial charge in [0.1, 0.15) is 5.75 Å². The molecule has 11 nitrogen and oxygen atoms in total. The molecule has 2 heterocycles. The molecular weight excluding hydrogens is 556 g/mol. The van der Waals surface area contributed by atoms with Crippen molar-refractivity contribution in [1.29, 1.82) is 0 Å². The Bertz CT molecular complexity index is 1450. The molecule has 0 spiro atoms. The van der Waals surface area contributed by atoms with Crippen molar-refractivity contribution in [3.8, 4) is 11.4 Å². The highest BCUT2D eigenvalue weighted by Gasteiger charge is 2.38. The summed E-state index contributed by atoms with van der Waals surface area (Å²) < 4.78 is 14.7. The molecule has 1 aliphatic rings. The van der Waals surface area contributed by atoms with Gasteiger partial charge >= 0.3 is 6.03 Å².